The molecule has 1 aromatic heterocycles. The fraction of sp³-hybridized carbons (Fsp3) is 0.786. The van der Waals surface area contributed by atoms with E-state index in [1.54, 1.807) is 0 Å². The van der Waals surface area contributed by atoms with Gasteiger partial charge in [0.1, 0.15) is 0 Å². The molecule has 2 atom stereocenters. The molecule has 108 valence electrons. The summed E-state index contributed by atoms with van der Waals surface area (Å²) in [6.45, 7) is 9.28. The van der Waals surface area contributed by atoms with Crippen molar-refractivity contribution in [1.29, 1.82) is 0 Å². The summed E-state index contributed by atoms with van der Waals surface area (Å²) in [6, 6.07) is 3.07. The molecular formula is C14H27N5. The predicted molar refractivity (Wildman–Crippen MR) is 78.0 cm³/mol. The van der Waals surface area contributed by atoms with Gasteiger partial charge in [0, 0.05) is 51.0 Å². The molecule has 0 radical (unpaired) electrons. The highest BCUT2D eigenvalue weighted by Crippen LogP contribution is 2.14. The van der Waals surface area contributed by atoms with Crippen molar-refractivity contribution in [3.8, 4) is 0 Å². The first-order chi connectivity index (χ1) is 9.13. The molecule has 1 aromatic rings. The van der Waals surface area contributed by atoms with Crippen molar-refractivity contribution in [3.63, 3.8) is 0 Å². The summed E-state index contributed by atoms with van der Waals surface area (Å²) in [5, 5.41) is 4.68. The van der Waals surface area contributed by atoms with Crippen molar-refractivity contribution < 1.29 is 0 Å². The first-order valence-corrected chi connectivity index (χ1v) is 7.30. The highest BCUT2D eigenvalue weighted by Gasteiger charge is 2.24. The molecule has 1 aliphatic rings. The maximum atomic E-state index is 5.89. The quantitative estimate of drug-likeness (QED) is 0.860. The highest BCUT2D eigenvalue weighted by molar-refractivity contribution is 5.01. The van der Waals surface area contributed by atoms with Crippen molar-refractivity contribution in [1.82, 2.24) is 19.6 Å². The van der Waals surface area contributed by atoms with Gasteiger partial charge in [-0.05, 0) is 26.5 Å². The lowest BCUT2D eigenvalue weighted by atomic mass is 10.1. The number of hydrogen-bond acceptors (Lipinski definition) is 4. The Morgan fingerprint density at radius 2 is 2.26 bits per heavy atom. The average Bonchev–Trinajstić information content (AvgIpc) is 2.88. The summed E-state index contributed by atoms with van der Waals surface area (Å²) in [4.78, 5) is 4.81. The molecule has 1 saturated heterocycles. The molecule has 0 amide bonds. The number of nitrogens with two attached hydrogens (primary N) is 1. The summed E-state index contributed by atoms with van der Waals surface area (Å²) in [5.41, 5.74) is 7.05. The van der Waals surface area contributed by atoms with Crippen LogP contribution < -0.4 is 5.73 Å². The number of rotatable bonds is 5. The molecule has 1 fully saturated rings. The smallest absolute Gasteiger partial charge is 0.0765 e. The summed E-state index contributed by atoms with van der Waals surface area (Å²) in [7, 11) is 2.16. The largest absolute Gasteiger partial charge is 0.329 e. The summed E-state index contributed by atoms with van der Waals surface area (Å²) in [6.07, 6.45) is 3.21. The van der Waals surface area contributed by atoms with Gasteiger partial charge in [0.15, 0.2) is 0 Å². The fourth-order valence-electron chi connectivity index (χ4n) is 2.58. The van der Waals surface area contributed by atoms with Crippen LogP contribution in [0.5, 0.6) is 0 Å². The van der Waals surface area contributed by atoms with Crippen molar-refractivity contribution >= 4 is 0 Å². The van der Waals surface area contributed by atoms with Gasteiger partial charge in [0.05, 0.1) is 5.69 Å². The molecule has 2 heterocycles. The van der Waals surface area contributed by atoms with E-state index in [4.69, 9.17) is 5.73 Å². The van der Waals surface area contributed by atoms with Crippen molar-refractivity contribution in [2.45, 2.75) is 38.9 Å². The zero-order valence-electron chi connectivity index (χ0n) is 12.4. The molecule has 2 N–H and O–H groups in total. The Hall–Kier alpha value is -0.910. The third-order valence-corrected chi connectivity index (χ3v) is 4.15. The second kappa shape index (κ2) is 6.50. The SMILES string of the molecule is CCC(C)n1ccc(CN2CCN(C)CC2CN)n1. The van der Waals surface area contributed by atoms with Gasteiger partial charge in [-0.15, -0.1) is 0 Å². The fourth-order valence-corrected chi connectivity index (χ4v) is 2.58. The molecule has 0 aliphatic carbocycles. The summed E-state index contributed by atoms with van der Waals surface area (Å²) < 4.78 is 2.07. The highest BCUT2D eigenvalue weighted by atomic mass is 15.3. The van der Waals surface area contributed by atoms with Crippen molar-refractivity contribution in [2.75, 3.05) is 33.2 Å². The van der Waals surface area contributed by atoms with E-state index in [0.29, 0.717) is 12.1 Å². The van der Waals surface area contributed by atoms with Crippen LogP contribution in [0.25, 0.3) is 0 Å². The number of aromatic nitrogens is 2. The first kappa shape index (κ1) is 14.5. The second-order valence-electron chi connectivity index (χ2n) is 5.67. The van der Waals surface area contributed by atoms with E-state index < -0.39 is 0 Å². The van der Waals surface area contributed by atoms with Crippen LogP contribution >= 0.6 is 0 Å². The number of likely N-dealkylation sites (N-methyl/N-ethyl adjacent to an activating group) is 1. The molecule has 1 aliphatic heterocycles. The zero-order chi connectivity index (χ0) is 13.8. The molecule has 0 spiro atoms. The lowest BCUT2D eigenvalue weighted by molar-refractivity contribution is 0.0867. The van der Waals surface area contributed by atoms with Crippen molar-refractivity contribution in [3.05, 3.63) is 18.0 Å². The minimum Gasteiger partial charge on any atom is -0.329 e. The molecule has 5 heteroatoms. The van der Waals surface area contributed by atoms with Gasteiger partial charge < -0.3 is 10.6 Å². The number of piperazine rings is 1. The summed E-state index contributed by atoms with van der Waals surface area (Å²) in [5.74, 6) is 0. The van der Waals surface area contributed by atoms with Crippen LogP contribution in [0.2, 0.25) is 0 Å². The van der Waals surface area contributed by atoms with Crippen LogP contribution in [0.15, 0.2) is 12.3 Å². The van der Waals surface area contributed by atoms with E-state index in [2.05, 4.69) is 52.7 Å². The number of hydrogen-bond donors (Lipinski definition) is 1. The van der Waals surface area contributed by atoms with E-state index >= 15 is 0 Å². The maximum absolute atomic E-state index is 5.89. The van der Waals surface area contributed by atoms with Gasteiger partial charge in [0.25, 0.3) is 0 Å². The first-order valence-electron chi connectivity index (χ1n) is 7.30. The van der Waals surface area contributed by atoms with E-state index in [-0.39, 0.29) is 0 Å². The Morgan fingerprint density at radius 3 is 2.95 bits per heavy atom. The lowest BCUT2D eigenvalue weighted by Gasteiger charge is -2.39. The Morgan fingerprint density at radius 1 is 1.47 bits per heavy atom. The van der Waals surface area contributed by atoms with Gasteiger partial charge in [-0.2, -0.15) is 5.10 Å². The molecule has 0 bridgehead atoms. The minimum atomic E-state index is 0.451. The van der Waals surface area contributed by atoms with Crippen LogP contribution in [0.1, 0.15) is 32.0 Å². The third kappa shape index (κ3) is 3.55. The third-order valence-electron chi connectivity index (χ3n) is 4.15. The van der Waals surface area contributed by atoms with E-state index in [1.165, 1.54) is 0 Å². The van der Waals surface area contributed by atoms with E-state index in [0.717, 1.165) is 44.8 Å². The molecule has 0 aromatic carbocycles. The zero-order valence-corrected chi connectivity index (χ0v) is 12.4. The van der Waals surface area contributed by atoms with Gasteiger partial charge in [-0.1, -0.05) is 6.92 Å². The predicted octanol–water partition coefficient (Wildman–Crippen LogP) is 0.929. The second-order valence-corrected chi connectivity index (χ2v) is 5.67. The van der Waals surface area contributed by atoms with Gasteiger partial charge in [-0.25, -0.2) is 0 Å². The monoisotopic (exact) mass is 265 g/mol. The van der Waals surface area contributed by atoms with Crippen LogP contribution in [0, 0.1) is 0 Å². The van der Waals surface area contributed by atoms with Crippen LogP contribution in [0.4, 0.5) is 0 Å². The van der Waals surface area contributed by atoms with Crippen LogP contribution in [-0.4, -0.2) is 58.8 Å². The van der Waals surface area contributed by atoms with E-state index in [1.807, 2.05) is 0 Å². The van der Waals surface area contributed by atoms with Gasteiger partial charge >= 0.3 is 0 Å². The molecule has 19 heavy (non-hydrogen) atoms. The maximum Gasteiger partial charge on any atom is 0.0765 e. The average molecular weight is 265 g/mol. The van der Waals surface area contributed by atoms with Crippen LogP contribution in [-0.2, 0) is 6.54 Å². The van der Waals surface area contributed by atoms with Crippen molar-refractivity contribution in [2.24, 2.45) is 5.73 Å². The van der Waals surface area contributed by atoms with Crippen LogP contribution in [0.3, 0.4) is 0 Å². The topological polar surface area (TPSA) is 50.3 Å². The Bertz CT molecular complexity index is 389. The normalized spacial score (nSPS) is 23.7. The molecule has 2 rings (SSSR count). The Kier molecular flexibility index (Phi) is 4.96. The van der Waals surface area contributed by atoms with Gasteiger partial charge in [-0.3, -0.25) is 9.58 Å². The minimum absolute atomic E-state index is 0.451. The summed E-state index contributed by atoms with van der Waals surface area (Å²) >= 11 is 0. The standard InChI is InChI=1S/C14H27N5/c1-4-12(2)19-6-5-13(16-19)10-18-8-7-17(3)11-14(18)9-15/h5-6,12,14H,4,7-11,15H2,1-3H3. The van der Waals surface area contributed by atoms with Gasteiger partial charge in [0.2, 0.25) is 0 Å². The molecular weight excluding hydrogens is 238 g/mol. The number of nitrogens with zero attached hydrogens (tertiary/aromatic N) is 4. The Labute approximate surface area is 116 Å². The molecule has 2 unspecified atom stereocenters. The molecule has 5 nitrogen and oxygen atoms in total. The van der Waals surface area contributed by atoms with E-state index in [9.17, 15) is 0 Å². The Balaban J connectivity index is 1.98. The molecule has 0 saturated carbocycles. The lowest BCUT2D eigenvalue weighted by Crippen LogP contribution is -2.54.